The number of hydrogen-bond acceptors (Lipinski definition) is 3. The van der Waals surface area contributed by atoms with Gasteiger partial charge in [-0.1, -0.05) is 48.0 Å². The standard InChI is InChI=1S/C30H33ClF2N4O/c31-24-8-6-23(7-9-24)30(26-5-2-1-4-25(26)28-34-15-19-37(28)30)14-10-27(38)36-17-11-22(12-18-36)20-35-16-3-13-29(32,33)21-35/h1-2,4-9,15,19,22H,3,10-14,16-18,20-21H2. The van der Waals surface area contributed by atoms with E-state index in [1.165, 1.54) is 0 Å². The minimum absolute atomic E-state index is 0.000992. The quantitative estimate of drug-likeness (QED) is 0.383. The Morgan fingerprint density at radius 1 is 1.05 bits per heavy atom. The summed E-state index contributed by atoms with van der Waals surface area (Å²) < 4.78 is 29.8. The molecule has 2 aromatic carbocycles. The maximum absolute atomic E-state index is 13.8. The molecule has 1 atom stereocenters. The van der Waals surface area contributed by atoms with E-state index in [-0.39, 0.29) is 18.9 Å². The van der Waals surface area contributed by atoms with Gasteiger partial charge in [0.1, 0.15) is 5.82 Å². The first kappa shape index (κ1) is 25.5. The molecule has 1 aromatic heterocycles. The number of piperidine rings is 2. The fourth-order valence-corrected chi connectivity index (χ4v) is 6.90. The lowest BCUT2D eigenvalue weighted by Gasteiger charge is -2.38. The highest BCUT2D eigenvalue weighted by atomic mass is 35.5. The molecule has 4 heterocycles. The lowest BCUT2D eigenvalue weighted by atomic mass is 9.79. The minimum Gasteiger partial charge on any atom is -0.343 e. The average Bonchev–Trinajstić information content (AvgIpc) is 3.49. The molecule has 1 amide bonds. The van der Waals surface area contributed by atoms with Crippen molar-refractivity contribution >= 4 is 17.5 Å². The van der Waals surface area contributed by atoms with Crippen LogP contribution in [0.15, 0.2) is 60.9 Å². The molecule has 0 bridgehead atoms. The first-order chi connectivity index (χ1) is 18.4. The number of imidazole rings is 1. The summed E-state index contributed by atoms with van der Waals surface area (Å²) in [6, 6.07) is 16.2. The second-order valence-electron chi connectivity index (χ2n) is 11.1. The fraction of sp³-hybridized carbons (Fsp3) is 0.467. The van der Waals surface area contributed by atoms with E-state index in [0.29, 0.717) is 49.8 Å². The molecule has 3 aliphatic heterocycles. The van der Waals surface area contributed by atoms with Crippen molar-refractivity contribution in [1.82, 2.24) is 19.4 Å². The van der Waals surface area contributed by atoms with Gasteiger partial charge >= 0.3 is 0 Å². The van der Waals surface area contributed by atoms with Crippen LogP contribution in [-0.4, -0.2) is 63.9 Å². The molecule has 0 radical (unpaired) electrons. The van der Waals surface area contributed by atoms with E-state index in [0.717, 1.165) is 41.9 Å². The third kappa shape index (κ3) is 4.64. The largest absolute Gasteiger partial charge is 0.343 e. The summed E-state index contributed by atoms with van der Waals surface area (Å²) in [7, 11) is 0. The van der Waals surface area contributed by atoms with Crippen LogP contribution in [0, 0.1) is 5.92 Å². The maximum Gasteiger partial charge on any atom is 0.260 e. The van der Waals surface area contributed by atoms with Gasteiger partial charge in [-0.3, -0.25) is 9.69 Å². The smallest absolute Gasteiger partial charge is 0.260 e. The Morgan fingerprint density at radius 2 is 1.82 bits per heavy atom. The van der Waals surface area contributed by atoms with E-state index < -0.39 is 11.5 Å². The highest BCUT2D eigenvalue weighted by Gasteiger charge is 2.45. The first-order valence-electron chi connectivity index (χ1n) is 13.6. The van der Waals surface area contributed by atoms with Crippen molar-refractivity contribution < 1.29 is 13.6 Å². The zero-order valence-electron chi connectivity index (χ0n) is 21.5. The Morgan fingerprint density at radius 3 is 2.58 bits per heavy atom. The highest BCUT2D eigenvalue weighted by molar-refractivity contribution is 6.30. The summed E-state index contributed by atoms with van der Waals surface area (Å²) in [6.45, 7) is 2.70. The molecule has 3 aromatic rings. The second-order valence-corrected chi connectivity index (χ2v) is 11.5. The third-order valence-corrected chi connectivity index (χ3v) is 8.90. The number of rotatable bonds is 6. The highest BCUT2D eigenvalue weighted by Crippen LogP contribution is 2.49. The molecule has 3 aliphatic rings. The first-order valence-corrected chi connectivity index (χ1v) is 14.0. The van der Waals surface area contributed by atoms with Gasteiger partial charge in [0.05, 0.1) is 12.1 Å². The third-order valence-electron chi connectivity index (χ3n) is 8.64. The van der Waals surface area contributed by atoms with Crippen molar-refractivity contribution in [3.05, 3.63) is 77.1 Å². The Bertz CT molecular complexity index is 1300. The lowest BCUT2D eigenvalue weighted by molar-refractivity contribution is -0.133. The van der Waals surface area contributed by atoms with Crippen molar-refractivity contribution in [3.63, 3.8) is 0 Å². The predicted molar refractivity (Wildman–Crippen MR) is 144 cm³/mol. The SMILES string of the molecule is O=C(CCC1(c2ccc(Cl)cc2)c2ccccc2-c2nccn21)N1CCC(CN2CCCC(F)(F)C2)CC1. The van der Waals surface area contributed by atoms with E-state index >= 15 is 0 Å². The summed E-state index contributed by atoms with van der Waals surface area (Å²) in [4.78, 5) is 22.0. The zero-order valence-corrected chi connectivity index (χ0v) is 22.2. The zero-order chi connectivity index (χ0) is 26.3. The van der Waals surface area contributed by atoms with Crippen molar-refractivity contribution in [2.24, 2.45) is 5.92 Å². The molecule has 200 valence electrons. The van der Waals surface area contributed by atoms with Crippen LogP contribution < -0.4 is 0 Å². The molecule has 0 N–H and O–H groups in total. The normalized spacial score (nSPS) is 23.3. The molecule has 2 fully saturated rings. The number of nitrogens with zero attached hydrogens (tertiary/aromatic N) is 4. The van der Waals surface area contributed by atoms with Crippen LogP contribution in [0.3, 0.4) is 0 Å². The van der Waals surface area contributed by atoms with Gasteiger partial charge in [-0.05, 0) is 61.4 Å². The molecule has 38 heavy (non-hydrogen) atoms. The Balaban J connectivity index is 1.16. The van der Waals surface area contributed by atoms with Crippen LogP contribution in [-0.2, 0) is 10.3 Å². The number of aromatic nitrogens is 2. The van der Waals surface area contributed by atoms with Gasteiger partial charge in [-0.15, -0.1) is 0 Å². The molecule has 0 aliphatic carbocycles. The minimum atomic E-state index is -2.57. The summed E-state index contributed by atoms with van der Waals surface area (Å²) in [5.74, 6) is -1.15. The molecule has 0 saturated carbocycles. The van der Waals surface area contributed by atoms with Crippen molar-refractivity contribution in [2.75, 3.05) is 32.7 Å². The van der Waals surface area contributed by atoms with Gasteiger partial charge in [-0.25, -0.2) is 13.8 Å². The second kappa shape index (κ2) is 10.1. The summed E-state index contributed by atoms with van der Waals surface area (Å²) in [5, 5.41) is 0.674. The Hall–Kier alpha value is -2.77. The van der Waals surface area contributed by atoms with E-state index in [9.17, 15) is 13.6 Å². The van der Waals surface area contributed by atoms with Gasteiger partial charge < -0.3 is 9.47 Å². The van der Waals surface area contributed by atoms with Gasteiger partial charge in [0.25, 0.3) is 5.92 Å². The lowest BCUT2D eigenvalue weighted by Crippen LogP contribution is -2.47. The molecule has 8 heteroatoms. The Labute approximate surface area is 227 Å². The summed E-state index contributed by atoms with van der Waals surface area (Å²) in [6.07, 6.45) is 7.12. The number of hydrogen-bond donors (Lipinski definition) is 0. The number of carbonyl (C=O) groups excluding carboxylic acids is 1. The molecule has 2 saturated heterocycles. The van der Waals surface area contributed by atoms with E-state index in [2.05, 4.69) is 21.7 Å². The van der Waals surface area contributed by atoms with E-state index in [1.807, 2.05) is 58.6 Å². The monoisotopic (exact) mass is 538 g/mol. The van der Waals surface area contributed by atoms with Crippen LogP contribution in [0.1, 0.15) is 49.7 Å². The molecule has 6 rings (SSSR count). The van der Waals surface area contributed by atoms with Crippen LogP contribution >= 0.6 is 11.6 Å². The van der Waals surface area contributed by atoms with E-state index in [4.69, 9.17) is 11.6 Å². The van der Waals surface area contributed by atoms with Crippen molar-refractivity contribution in [3.8, 4) is 11.4 Å². The van der Waals surface area contributed by atoms with Gasteiger partial charge in [0.2, 0.25) is 5.91 Å². The summed E-state index contributed by atoms with van der Waals surface area (Å²) in [5.41, 5.74) is 2.77. The number of alkyl halides is 2. The van der Waals surface area contributed by atoms with Gasteiger partial charge in [-0.2, -0.15) is 0 Å². The Kier molecular flexibility index (Phi) is 6.77. The molecular formula is C30H33ClF2N4O. The van der Waals surface area contributed by atoms with Crippen LogP contribution in [0.25, 0.3) is 11.4 Å². The number of likely N-dealkylation sites (tertiary alicyclic amines) is 2. The maximum atomic E-state index is 13.8. The number of amides is 1. The summed E-state index contributed by atoms with van der Waals surface area (Å²) >= 11 is 6.24. The van der Waals surface area contributed by atoms with Crippen LogP contribution in [0.2, 0.25) is 5.02 Å². The number of halogens is 3. The number of carbonyl (C=O) groups is 1. The predicted octanol–water partition coefficient (Wildman–Crippen LogP) is 6.06. The van der Waals surface area contributed by atoms with Crippen molar-refractivity contribution in [2.45, 2.75) is 50.0 Å². The van der Waals surface area contributed by atoms with Crippen LogP contribution in [0.5, 0.6) is 0 Å². The van der Waals surface area contributed by atoms with Crippen LogP contribution in [0.4, 0.5) is 8.78 Å². The number of benzene rings is 2. The van der Waals surface area contributed by atoms with Gasteiger partial charge in [0, 0.05) is 55.5 Å². The molecule has 0 spiro atoms. The van der Waals surface area contributed by atoms with Crippen molar-refractivity contribution in [1.29, 1.82) is 0 Å². The molecule has 1 unspecified atom stereocenters. The number of fused-ring (bicyclic) bond motifs is 3. The average molecular weight is 539 g/mol. The molecule has 5 nitrogen and oxygen atoms in total. The fourth-order valence-electron chi connectivity index (χ4n) is 6.78. The van der Waals surface area contributed by atoms with E-state index in [1.54, 1.807) is 0 Å². The topological polar surface area (TPSA) is 41.4 Å². The van der Waals surface area contributed by atoms with Gasteiger partial charge in [0.15, 0.2) is 0 Å². The molecular weight excluding hydrogens is 506 g/mol.